The third kappa shape index (κ3) is 13.0. The van der Waals surface area contributed by atoms with Crippen molar-refractivity contribution in [3.05, 3.63) is 0 Å². The highest BCUT2D eigenvalue weighted by Gasteiger charge is 2.33. The van der Waals surface area contributed by atoms with Gasteiger partial charge in [-0.15, -0.1) is 0 Å². The van der Waals surface area contributed by atoms with Crippen molar-refractivity contribution in [1.82, 2.24) is 16.0 Å². The zero-order chi connectivity index (χ0) is 28.0. The molecular formula is C19H33N7O10. The number of aliphatic carboxylic acids is 3. The number of nitrogens with zero attached hydrogens (tertiary/aromatic N) is 1. The number of aliphatic imine (C=N–C) groups is 1. The SMILES string of the molecule is CC(O)C(NC(=O)C(N)CCCN=C(N)N)C(=O)NC(CC(=O)O)C(=O)NC(CCC(=O)O)C(=O)O. The normalized spacial score (nSPS) is 14.8. The molecule has 0 rings (SSSR count). The van der Waals surface area contributed by atoms with Gasteiger partial charge in [-0.1, -0.05) is 0 Å². The van der Waals surface area contributed by atoms with Gasteiger partial charge in [0.05, 0.1) is 18.6 Å². The number of carboxylic acid groups (broad SMARTS) is 3. The van der Waals surface area contributed by atoms with Gasteiger partial charge in [0.2, 0.25) is 17.7 Å². The number of nitrogens with two attached hydrogens (primary N) is 3. The van der Waals surface area contributed by atoms with Crippen LogP contribution < -0.4 is 33.2 Å². The maximum atomic E-state index is 12.7. The third-order valence-electron chi connectivity index (χ3n) is 4.64. The Morgan fingerprint density at radius 1 is 0.833 bits per heavy atom. The van der Waals surface area contributed by atoms with Gasteiger partial charge >= 0.3 is 17.9 Å². The second-order valence-corrected chi connectivity index (χ2v) is 7.77. The number of amides is 3. The van der Waals surface area contributed by atoms with Crippen molar-refractivity contribution in [2.24, 2.45) is 22.2 Å². The first-order valence-corrected chi connectivity index (χ1v) is 10.7. The Hall–Kier alpha value is -3.99. The fraction of sp³-hybridized carbons (Fsp3) is 0.632. The molecule has 0 fully saturated rings. The first kappa shape index (κ1) is 32.0. The summed E-state index contributed by atoms with van der Waals surface area (Å²) in [5, 5.41) is 43.1. The van der Waals surface area contributed by atoms with E-state index in [-0.39, 0.29) is 18.9 Å². The molecule has 0 aliphatic carbocycles. The summed E-state index contributed by atoms with van der Waals surface area (Å²) in [4.78, 5) is 74.4. The van der Waals surface area contributed by atoms with Crippen molar-refractivity contribution in [1.29, 1.82) is 0 Å². The molecule has 13 N–H and O–H groups in total. The van der Waals surface area contributed by atoms with Crippen LogP contribution in [0.1, 0.15) is 39.0 Å². The lowest BCUT2D eigenvalue weighted by Gasteiger charge is -2.26. The summed E-state index contributed by atoms with van der Waals surface area (Å²) >= 11 is 0. The molecule has 0 aromatic rings. The highest BCUT2D eigenvalue weighted by atomic mass is 16.4. The van der Waals surface area contributed by atoms with Gasteiger partial charge < -0.3 is 53.6 Å². The van der Waals surface area contributed by atoms with E-state index in [0.717, 1.165) is 6.92 Å². The van der Waals surface area contributed by atoms with Gasteiger partial charge in [-0.25, -0.2) is 4.79 Å². The van der Waals surface area contributed by atoms with E-state index in [0.29, 0.717) is 6.42 Å². The Bertz CT molecular complexity index is 844. The molecule has 0 bridgehead atoms. The van der Waals surface area contributed by atoms with Crippen LogP contribution in [0.5, 0.6) is 0 Å². The molecule has 0 aromatic heterocycles. The van der Waals surface area contributed by atoms with Crippen LogP contribution in [0.15, 0.2) is 4.99 Å². The molecule has 0 aliphatic rings. The summed E-state index contributed by atoms with van der Waals surface area (Å²) in [7, 11) is 0. The van der Waals surface area contributed by atoms with Gasteiger partial charge in [-0.2, -0.15) is 0 Å². The van der Waals surface area contributed by atoms with E-state index in [1.807, 2.05) is 10.6 Å². The smallest absolute Gasteiger partial charge is 0.326 e. The number of carbonyl (C=O) groups is 6. The Labute approximate surface area is 205 Å². The fourth-order valence-electron chi connectivity index (χ4n) is 2.76. The number of aliphatic hydroxyl groups excluding tert-OH is 1. The molecule has 5 unspecified atom stereocenters. The van der Waals surface area contributed by atoms with E-state index < -0.39 is 85.2 Å². The molecule has 36 heavy (non-hydrogen) atoms. The first-order valence-electron chi connectivity index (χ1n) is 10.7. The molecule has 0 saturated carbocycles. The molecule has 0 saturated heterocycles. The Kier molecular flexibility index (Phi) is 14.1. The molecule has 0 radical (unpaired) electrons. The standard InChI is InChI=1S/C19H33N7O10/c1-8(27)14(26-15(32)9(20)3-2-6-23-19(21)22)17(34)25-11(7-13(30)31)16(33)24-10(18(35)36)4-5-12(28)29/h8-11,14,27H,2-7,20H2,1H3,(H,24,33)(H,25,34)(H,26,32)(H,28,29)(H,30,31)(H,35,36)(H4,21,22,23). The van der Waals surface area contributed by atoms with E-state index in [1.165, 1.54) is 0 Å². The van der Waals surface area contributed by atoms with E-state index in [2.05, 4.69) is 10.3 Å². The predicted molar refractivity (Wildman–Crippen MR) is 122 cm³/mol. The van der Waals surface area contributed by atoms with Crippen LogP contribution >= 0.6 is 0 Å². The van der Waals surface area contributed by atoms with Crippen LogP contribution in [-0.2, 0) is 28.8 Å². The minimum Gasteiger partial charge on any atom is -0.481 e. The molecule has 17 heteroatoms. The molecule has 204 valence electrons. The molecular weight excluding hydrogens is 486 g/mol. The molecule has 0 aliphatic heterocycles. The number of carbonyl (C=O) groups excluding carboxylic acids is 3. The van der Waals surface area contributed by atoms with Gasteiger partial charge in [-0.3, -0.25) is 29.0 Å². The van der Waals surface area contributed by atoms with Gasteiger partial charge in [0.15, 0.2) is 5.96 Å². The van der Waals surface area contributed by atoms with Crippen molar-refractivity contribution in [2.45, 2.75) is 69.3 Å². The zero-order valence-corrected chi connectivity index (χ0v) is 19.5. The van der Waals surface area contributed by atoms with Crippen LogP contribution in [0.4, 0.5) is 0 Å². The van der Waals surface area contributed by atoms with Gasteiger partial charge in [0.1, 0.15) is 18.1 Å². The van der Waals surface area contributed by atoms with Crippen LogP contribution in [0.2, 0.25) is 0 Å². The lowest BCUT2D eigenvalue weighted by atomic mass is 10.1. The maximum Gasteiger partial charge on any atom is 0.326 e. The van der Waals surface area contributed by atoms with E-state index >= 15 is 0 Å². The van der Waals surface area contributed by atoms with Crippen LogP contribution in [-0.4, -0.2) is 98.8 Å². The average molecular weight is 520 g/mol. The lowest BCUT2D eigenvalue weighted by Crippen LogP contribution is -2.60. The molecule has 3 amide bonds. The van der Waals surface area contributed by atoms with Crippen molar-refractivity contribution in [3.63, 3.8) is 0 Å². The molecule has 5 atom stereocenters. The number of guanidine groups is 1. The van der Waals surface area contributed by atoms with Gasteiger partial charge in [0.25, 0.3) is 0 Å². The summed E-state index contributed by atoms with van der Waals surface area (Å²) in [5.41, 5.74) is 16.1. The molecule has 0 spiro atoms. The summed E-state index contributed by atoms with van der Waals surface area (Å²) in [6.07, 6.45) is -3.14. The Morgan fingerprint density at radius 2 is 1.42 bits per heavy atom. The van der Waals surface area contributed by atoms with Gasteiger partial charge in [0, 0.05) is 13.0 Å². The quantitative estimate of drug-likeness (QED) is 0.0493. The number of aliphatic hydroxyl groups is 1. The van der Waals surface area contributed by atoms with E-state index in [1.54, 1.807) is 0 Å². The summed E-state index contributed by atoms with van der Waals surface area (Å²) in [6.45, 7) is 1.34. The summed E-state index contributed by atoms with van der Waals surface area (Å²) in [5.74, 6) is -7.78. The molecule has 0 aromatic carbocycles. The van der Waals surface area contributed by atoms with Crippen molar-refractivity contribution >= 4 is 41.6 Å². The minimum atomic E-state index is -1.81. The fourth-order valence-corrected chi connectivity index (χ4v) is 2.76. The number of hydrogen-bond acceptors (Lipinski definition) is 9. The predicted octanol–water partition coefficient (Wildman–Crippen LogP) is -4.37. The largest absolute Gasteiger partial charge is 0.481 e. The van der Waals surface area contributed by atoms with Gasteiger partial charge in [-0.05, 0) is 26.2 Å². The van der Waals surface area contributed by atoms with Crippen LogP contribution in [0.3, 0.4) is 0 Å². The number of hydrogen-bond donors (Lipinski definition) is 10. The summed E-state index contributed by atoms with van der Waals surface area (Å²) in [6, 6.07) is -6.25. The molecule has 17 nitrogen and oxygen atoms in total. The number of rotatable bonds is 17. The van der Waals surface area contributed by atoms with Crippen molar-refractivity contribution in [3.8, 4) is 0 Å². The van der Waals surface area contributed by atoms with E-state index in [4.69, 9.17) is 27.4 Å². The summed E-state index contributed by atoms with van der Waals surface area (Å²) < 4.78 is 0. The molecule has 0 heterocycles. The monoisotopic (exact) mass is 519 g/mol. The Balaban J connectivity index is 5.35. The highest BCUT2D eigenvalue weighted by molar-refractivity contribution is 5.95. The third-order valence-corrected chi connectivity index (χ3v) is 4.64. The maximum absolute atomic E-state index is 12.7. The second kappa shape index (κ2) is 15.8. The Morgan fingerprint density at radius 3 is 1.89 bits per heavy atom. The van der Waals surface area contributed by atoms with E-state index in [9.17, 15) is 39.0 Å². The first-order chi connectivity index (χ1) is 16.6. The minimum absolute atomic E-state index is 0.119. The number of nitrogens with one attached hydrogen (secondary N) is 3. The van der Waals surface area contributed by atoms with Crippen molar-refractivity contribution < 1.29 is 49.2 Å². The second-order valence-electron chi connectivity index (χ2n) is 7.77. The average Bonchev–Trinajstić information content (AvgIpc) is 2.75. The number of carboxylic acids is 3. The van der Waals surface area contributed by atoms with Crippen LogP contribution in [0.25, 0.3) is 0 Å². The lowest BCUT2D eigenvalue weighted by molar-refractivity contribution is -0.144. The zero-order valence-electron chi connectivity index (χ0n) is 19.5. The highest BCUT2D eigenvalue weighted by Crippen LogP contribution is 2.04. The topological polar surface area (TPSA) is 310 Å². The van der Waals surface area contributed by atoms with Crippen molar-refractivity contribution in [2.75, 3.05) is 6.54 Å². The van der Waals surface area contributed by atoms with Crippen LogP contribution in [0, 0.1) is 0 Å².